The summed E-state index contributed by atoms with van der Waals surface area (Å²) in [6, 6.07) is 5.05. The molecular formula is C26H33N3O5. The Kier molecular flexibility index (Phi) is 6.51. The van der Waals surface area contributed by atoms with Gasteiger partial charge in [0.2, 0.25) is 11.8 Å². The van der Waals surface area contributed by atoms with E-state index in [4.69, 9.17) is 4.74 Å². The Hall–Kier alpha value is -3.16. The van der Waals surface area contributed by atoms with Gasteiger partial charge in [0.25, 0.3) is 0 Å². The summed E-state index contributed by atoms with van der Waals surface area (Å²) in [6.45, 7) is 5.63. The molecule has 8 heteroatoms. The summed E-state index contributed by atoms with van der Waals surface area (Å²) >= 11 is 0. The van der Waals surface area contributed by atoms with Crippen molar-refractivity contribution in [3.8, 4) is 0 Å². The van der Waals surface area contributed by atoms with Gasteiger partial charge in [-0.1, -0.05) is 24.1 Å². The molecule has 1 aliphatic carbocycles. The number of fused-ring (bicyclic) bond motifs is 1. The number of aromatic nitrogens is 2. The van der Waals surface area contributed by atoms with Gasteiger partial charge in [-0.3, -0.25) is 28.8 Å². The number of carbonyl (C=O) groups is 3. The summed E-state index contributed by atoms with van der Waals surface area (Å²) in [6.07, 6.45) is 7.08. The second-order valence-corrected chi connectivity index (χ2v) is 10.4. The molecular weight excluding hydrogens is 434 g/mol. The molecule has 2 amide bonds. The molecule has 2 atom stereocenters. The number of esters is 1. The quantitative estimate of drug-likeness (QED) is 0.547. The molecule has 2 unspecified atom stereocenters. The Morgan fingerprint density at radius 1 is 1.12 bits per heavy atom. The fraction of sp³-hybridized carbons (Fsp3) is 0.538. The Balaban J connectivity index is 1.64. The molecule has 2 aromatic rings. The fourth-order valence-electron chi connectivity index (χ4n) is 5.03. The van der Waals surface area contributed by atoms with E-state index in [0.717, 1.165) is 36.8 Å². The standard InChI is InChI=1S/C26H33N3O5/c1-26(2,3)34-23(31)15-18-8-6-5-7-17(18)13-16-9-10-19-21(14-16)28(4)25(33)29(19)20-11-12-22(30)27-24(20)32/h9-10,13-14,18,20H,5-8,11-12,15H2,1-4H3,(H,27,30,32). The van der Waals surface area contributed by atoms with Crippen LogP contribution in [-0.4, -0.2) is 32.5 Å². The normalized spacial score (nSPS) is 22.8. The van der Waals surface area contributed by atoms with Gasteiger partial charge in [-0.2, -0.15) is 0 Å². The van der Waals surface area contributed by atoms with Crippen LogP contribution in [0.4, 0.5) is 0 Å². The van der Waals surface area contributed by atoms with Crippen LogP contribution in [0.5, 0.6) is 0 Å². The van der Waals surface area contributed by atoms with Crippen molar-refractivity contribution >= 4 is 34.9 Å². The molecule has 1 aliphatic heterocycles. The number of benzene rings is 1. The van der Waals surface area contributed by atoms with E-state index in [1.807, 2.05) is 39.0 Å². The van der Waals surface area contributed by atoms with Crippen LogP contribution >= 0.6 is 0 Å². The van der Waals surface area contributed by atoms with Crippen molar-refractivity contribution in [2.24, 2.45) is 13.0 Å². The highest BCUT2D eigenvalue weighted by atomic mass is 16.6. The number of allylic oxidation sites excluding steroid dienone is 1. The molecule has 8 nitrogen and oxygen atoms in total. The zero-order valence-corrected chi connectivity index (χ0v) is 20.3. The number of imide groups is 1. The summed E-state index contributed by atoms with van der Waals surface area (Å²) in [5, 5.41) is 2.33. The average Bonchev–Trinajstić information content (AvgIpc) is 2.98. The summed E-state index contributed by atoms with van der Waals surface area (Å²) in [5.41, 5.74) is 2.79. The van der Waals surface area contributed by atoms with E-state index in [0.29, 0.717) is 18.4 Å². The summed E-state index contributed by atoms with van der Waals surface area (Å²) in [5.74, 6) is -0.776. The molecule has 1 aromatic carbocycles. The zero-order chi connectivity index (χ0) is 24.6. The van der Waals surface area contributed by atoms with Gasteiger partial charge >= 0.3 is 11.7 Å². The van der Waals surface area contributed by atoms with Gasteiger partial charge in [-0.05, 0) is 70.1 Å². The smallest absolute Gasteiger partial charge is 0.329 e. The van der Waals surface area contributed by atoms with Gasteiger partial charge in [-0.25, -0.2) is 4.79 Å². The number of hydrogen-bond donors (Lipinski definition) is 1. The molecule has 1 saturated carbocycles. The van der Waals surface area contributed by atoms with Crippen LogP contribution in [0.3, 0.4) is 0 Å². The minimum absolute atomic E-state index is 0.149. The predicted octanol–water partition coefficient (Wildman–Crippen LogP) is 3.62. The lowest BCUT2D eigenvalue weighted by molar-refractivity contribution is -0.155. The second-order valence-electron chi connectivity index (χ2n) is 10.4. The maximum Gasteiger partial charge on any atom is 0.329 e. The molecule has 0 radical (unpaired) electrons. The van der Waals surface area contributed by atoms with Crippen LogP contribution in [0.25, 0.3) is 17.1 Å². The van der Waals surface area contributed by atoms with Gasteiger partial charge in [0.15, 0.2) is 0 Å². The largest absolute Gasteiger partial charge is 0.460 e. The van der Waals surface area contributed by atoms with Crippen molar-refractivity contribution < 1.29 is 19.1 Å². The number of hydrogen-bond acceptors (Lipinski definition) is 5. The highest BCUT2D eigenvalue weighted by Gasteiger charge is 2.31. The highest BCUT2D eigenvalue weighted by Crippen LogP contribution is 2.34. The zero-order valence-electron chi connectivity index (χ0n) is 20.3. The molecule has 1 aromatic heterocycles. The van der Waals surface area contributed by atoms with Crippen molar-refractivity contribution in [2.45, 2.75) is 77.4 Å². The molecule has 182 valence electrons. The Morgan fingerprint density at radius 3 is 2.59 bits per heavy atom. The molecule has 0 bridgehead atoms. The predicted molar refractivity (Wildman–Crippen MR) is 129 cm³/mol. The first kappa shape index (κ1) is 24.0. The monoisotopic (exact) mass is 467 g/mol. The Bertz CT molecular complexity index is 1230. The van der Waals surface area contributed by atoms with Crippen LogP contribution in [0, 0.1) is 5.92 Å². The number of imidazole rings is 1. The fourth-order valence-corrected chi connectivity index (χ4v) is 5.03. The van der Waals surface area contributed by atoms with Gasteiger partial charge in [-0.15, -0.1) is 0 Å². The Labute approximate surface area is 199 Å². The van der Waals surface area contributed by atoms with Gasteiger partial charge in [0, 0.05) is 13.5 Å². The number of nitrogens with one attached hydrogen (secondary N) is 1. The van der Waals surface area contributed by atoms with E-state index in [9.17, 15) is 19.2 Å². The van der Waals surface area contributed by atoms with Crippen molar-refractivity contribution in [3.05, 3.63) is 39.8 Å². The molecule has 4 rings (SSSR count). The molecule has 34 heavy (non-hydrogen) atoms. The maximum absolute atomic E-state index is 13.0. The minimum atomic E-state index is -0.699. The summed E-state index contributed by atoms with van der Waals surface area (Å²) < 4.78 is 8.57. The first-order valence-corrected chi connectivity index (χ1v) is 12.0. The van der Waals surface area contributed by atoms with E-state index in [2.05, 4.69) is 11.4 Å². The number of piperidine rings is 1. The topological polar surface area (TPSA) is 99.4 Å². The van der Waals surface area contributed by atoms with Gasteiger partial charge in [0.05, 0.1) is 17.5 Å². The van der Waals surface area contributed by atoms with Crippen molar-refractivity contribution in [1.82, 2.24) is 14.5 Å². The molecule has 1 N–H and O–H groups in total. The minimum Gasteiger partial charge on any atom is -0.460 e. The lowest BCUT2D eigenvalue weighted by Gasteiger charge is -2.27. The van der Waals surface area contributed by atoms with E-state index >= 15 is 0 Å². The number of aryl methyl sites for hydroxylation is 1. The van der Waals surface area contributed by atoms with Crippen LogP contribution < -0.4 is 11.0 Å². The van der Waals surface area contributed by atoms with Crippen molar-refractivity contribution in [3.63, 3.8) is 0 Å². The second kappa shape index (κ2) is 9.24. The first-order chi connectivity index (χ1) is 16.0. The molecule has 0 spiro atoms. The molecule has 2 heterocycles. The first-order valence-electron chi connectivity index (χ1n) is 12.0. The van der Waals surface area contributed by atoms with Gasteiger partial charge in [0.1, 0.15) is 11.6 Å². The SMILES string of the molecule is Cn1c(=O)n(C2CCC(=O)NC2=O)c2ccc(C=C3CCCCC3CC(=O)OC(C)(C)C)cc21. The number of nitrogens with zero attached hydrogens (tertiary/aromatic N) is 2. The third-order valence-corrected chi connectivity index (χ3v) is 6.61. The Morgan fingerprint density at radius 2 is 1.88 bits per heavy atom. The average molecular weight is 468 g/mol. The third kappa shape index (κ3) is 5.00. The molecule has 1 saturated heterocycles. The summed E-state index contributed by atoms with van der Waals surface area (Å²) in [7, 11) is 1.69. The van der Waals surface area contributed by atoms with Crippen molar-refractivity contribution in [1.29, 1.82) is 0 Å². The lowest BCUT2D eigenvalue weighted by Crippen LogP contribution is -2.44. The van der Waals surface area contributed by atoms with E-state index in [1.54, 1.807) is 11.6 Å². The number of rotatable bonds is 4. The van der Waals surface area contributed by atoms with Crippen LogP contribution in [0.2, 0.25) is 0 Å². The molecule has 2 aliphatic rings. The number of ether oxygens (including phenoxy) is 1. The van der Waals surface area contributed by atoms with E-state index in [1.165, 1.54) is 10.1 Å². The maximum atomic E-state index is 13.0. The van der Waals surface area contributed by atoms with Crippen LogP contribution in [-0.2, 0) is 26.2 Å². The van der Waals surface area contributed by atoms with Crippen molar-refractivity contribution in [2.75, 3.05) is 0 Å². The van der Waals surface area contributed by atoms with Crippen LogP contribution in [0.15, 0.2) is 28.6 Å². The third-order valence-electron chi connectivity index (χ3n) is 6.61. The number of amides is 2. The van der Waals surface area contributed by atoms with E-state index in [-0.39, 0.29) is 29.9 Å². The van der Waals surface area contributed by atoms with E-state index < -0.39 is 17.6 Å². The highest BCUT2D eigenvalue weighted by molar-refractivity contribution is 6.00. The molecule has 2 fully saturated rings. The summed E-state index contributed by atoms with van der Waals surface area (Å²) in [4.78, 5) is 49.4. The van der Waals surface area contributed by atoms with Crippen LogP contribution in [0.1, 0.15) is 77.3 Å². The number of carbonyl (C=O) groups excluding carboxylic acids is 3. The lowest BCUT2D eigenvalue weighted by atomic mass is 9.81. The van der Waals surface area contributed by atoms with Gasteiger partial charge < -0.3 is 4.74 Å².